The molecule has 1 aromatic carbocycles. The molecule has 3 N–H and O–H groups in total. The summed E-state index contributed by atoms with van der Waals surface area (Å²) in [6.45, 7) is 1.70. The molecule has 0 bridgehead atoms. The lowest BCUT2D eigenvalue weighted by Gasteiger charge is -2.23. The maximum absolute atomic E-state index is 12.6. The summed E-state index contributed by atoms with van der Waals surface area (Å²) >= 11 is 0. The van der Waals surface area contributed by atoms with Gasteiger partial charge in [0.2, 0.25) is 5.91 Å². The number of nitrogens with one attached hydrogen (secondary N) is 3. The Kier molecular flexibility index (Phi) is 6.18. The Balaban J connectivity index is 1.91. The predicted molar refractivity (Wildman–Crippen MR) is 85.2 cm³/mol. The zero-order valence-corrected chi connectivity index (χ0v) is 13.4. The van der Waals surface area contributed by atoms with Gasteiger partial charge in [0, 0.05) is 31.6 Å². The quantitative estimate of drug-likeness (QED) is 0.534. The van der Waals surface area contributed by atoms with Gasteiger partial charge in [-0.25, -0.2) is 0 Å². The van der Waals surface area contributed by atoms with Gasteiger partial charge in [-0.15, -0.1) is 0 Å². The lowest BCUT2D eigenvalue weighted by atomic mass is 10.1. The number of benzene rings is 1. The summed E-state index contributed by atoms with van der Waals surface area (Å²) in [7, 11) is 0. The number of anilines is 1. The minimum Gasteiger partial charge on any atom is -0.379 e. The molecule has 1 fully saturated rings. The molecule has 0 radical (unpaired) electrons. The van der Waals surface area contributed by atoms with Gasteiger partial charge in [0.25, 0.3) is 5.69 Å². The first-order chi connectivity index (χ1) is 11.8. The number of nitro benzene ring substituents is 1. The number of rotatable bonds is 6. The molecule has 0 aromatic heterocycles. The van der Waals surface area contributed by atoms with Crippen molar-refractivity contribution in [2.45, 2.75) is 31.5 Å². The van der Waals surface area contributed by atoms with E-state index in [1.807, 2.05) is 0 Å². The standard InChI is InChI=1S/C15H19F3N4O3/c16-15(17,18)10-3-4-12(13(8-10)22(24)25)20-7-5-14(23)21-11-2-1-6-19-9-11/h3-4,8,11,19-20H,1-2,5-7,9H2,(H,21,23). The van der Waals surface area contributed by atoms with E-state index < -0.39 is 22.4 Å². The molecule has 1 aliphatic heterocycles. The second-order valence-electron chi connectivity index (χ2n) is 5.77. The molecule has 2 rings (SSSR count). The zero-order valence-electron chi connectivity index (χ0n) is 13.4. The largest absolute Gasteiger partial charge is 0.416 e. The van der Waals surface area contributed by atoms with E-state index in [2.05, 4.69) is 16.0 Å². The van der Waals surface area contributed by atoms with Gasteiger partial charge in [-0.2, -0.15) is 13.2 Å². The Morgan fingerprint density at radius 1 is 1.40 bits per heavy atom. The van der Waals surface area contributed by atoms with E-state index in [9.17, 15) is 28.1 Å². The molecular weight excluding hydrogens is 341 g/mol. The van der Waals surface area contributed by atoms with Crippen LogP contribution in [-0.4, -0.2) is 36.5 Å². The number of amides is 1. The highest BCUT2D eigenvalue weighted by Crippen LogP contribution is 2.34. The Morgan fingerprint density at radius 3 is 2.76 bits per heavy atom. The zero-order chi connectivity index (χ0) is 18.4. The van der Waals surface area contributed by atoms with E-state index in [1.165, 1.54) is 0 Å². The third kappa shape index (κ3) is 5.59. The van der Waals surface area contributed by atoms with Gasteiger partial charge in [-0.05, 0) is 31.5 Å². The smallest absolute Gasteiger partial charge is 0.379 e. The highest BCUT2D eigenvalue weighted by molar-refractivity contribution is 5.77. The Hall–Kier alpha value is -2.36. The highest BCUT2D eigenvalue weighted by Gasteiger charge is 2.33. The summed E-state index contributed by atoms with van der Waals surface area (Å²) in [6.07, 6.45) is -2.73. The van der Waals surface area contributed by atoms with E-state index in [1.54, 1.807) is 0 Å². The number of alkyl halides is 3. The lowest BCUT2D eigenvalue weighted by molar-refractivity contribution is -0.384. The molecule has 1 aliphatic rings. The number of halogens is 3. The van der Waals surface area contributed by atoms with Gasteiger partial charge in [-0.1, -0.05) is 0 Å². The van der Waals surface area contributed by atoms with Crippen LogP contribution in [0.25, 0.3) is 0 Å². The van der Waals surface area contributed by atoms with E-state index in [0.29, 0.717) is 12.6 Å². The van der Waals surface area contributed by atoms with Crippen molar-refractivity contribution in [3.8, 4) is 0 Å². The summed E-state index contributed by atoms with van der Waals surface area (Å²) in [5, 5.41) is 19.6. The van der Waals surface area contributed by atoms with Crippen LogP contribution >= 0.6 is 0 Å². The summed E-state index contributed by atoms with van der Waals surface area (Å²) in [5.74, 6) is -0.212. The van der Waals surface area contributed by atoms with Crippen LogP contribution in [0, 0.1) is 10.1 Å². The SMILES string of the molecule is O=C(CCNc1ccc(C(F)(F)F)cc1[N+](=O)[O-])NC1CCCNC1. The first-order valence-corrected chi connectivity index (χ1v) is 7.87. The number of carbonyl (C=O) groups excluding carboxylic acids is 1. The maximum atomic E-state index is 12.6. The third-order valence-electron chi connectivity index (χ3n) is 3.85. The molecule has 1 aromatic rings. The van der Waals surface area contributed by atoms with E-state index in [4.69, 9.17) is 0 Å². The Bertz CT molecular complexity index is 631. The highest BCUT2D eigenvalue weighted by atomic mass is 19.4. The van der Waals surface area contributed by atoms with Crippen LogP contribution in [0.2, 0.25) is 0 Å². The van der Waals surface area contributed by atoms with Crippen molar-refractivity contribution in [1.82, 2.24) is 10.6 Å². The average Bonchev–Trinajstić information content (AvgIpc) is 2.54. The average molecular weight is 360 g/mol. The first-order valence-electron chi connectivity index (χ1n) is 7.87. The van der Waals surface area contributed by atoms with Gasteiger partial charge in [0.15, 0.2) is 0 Å². The number of hydrogen-bond donors (Lipinski definition) is 3. The summed E-state index contributed by atoms with van der Waals surface area (Å²) in [4.78, 5) is 21.9. The van der Waals surface area contributed by atoms with Crippen molar-refractivity contribution < 1.29 is 22.9 Å². The molecule has 7 nitrogen and oxygen atoms in total. The van der Waals surface area contributed by atoms with Crippen molar-refractivity contribution >= 4 is 17.3 Å². The minimum atomic E-state index is -4.66. The fourth-order valence-corrected chi connectivity index (χ4v) is 2.59. The minimum absolute atomic E-state index is 0.0508. The van der Waals surface area contributed by atoms with Crippen LogP contribution in [0.1, 0.15) is 24.8 Å². The van der Waals surface area contributed by atoms with E-state index in [0.717, 1.165) is 31.5 Å². The van der Waals surface area contributed by atoms with Crippen LogP contribution in [0.5, 0.6) is 0 Å². The van der Waals surface area contributed by atoms with E-state index >= 15 is 0 Å². The monoisotopic (exact) mass is 360 g/mol. The van der Waals surface area contributed by atoms with Gasteiger partial charge in [-0.3, -0.25) is 14.9 Å². The number of nitrogens with zero attached hydrogens (tertiary/aromatic N) is 1. The molecule has 1 unspecified atom stereocenters. The first kappa shape index (κ1) is 19.0. The second kappa shape index (κ2) is 8.15. The van der Waals surface area contributed by atoms with Crippen LogP contribution in [0.15, 0.2) is 18.2 Å². The van der Waals surface area contributed by atoms with Gasteiger partial charge >= 0.3 is 6.18 Å². The number of hydrogen-bond acceptors (Lipinski definition) is 5. The molecular formula is C15H19F3N4O3. The summed E-state index contributed by atoms with van der Waals surface area (Å²) < 4.78 is 37.9. The molecule has 0 aliphatic carbocycles. The molecule has 0 spiro atoms. The van der Waals surface area contributed by atoms with Crippen LogP contribution < -0.4 is 16.0 Å². The molecule has 10 heteroatoms. The fourth-order valence-electron chi connectivity index (χ4n) is 2.59. The Morgan fingerprint density at radius 2 is 2.16 bits per heavy atom. The van der Waals surface area contributed by atoms with Crippen molar-refractivity contribution in [3.05, 3.63) is 33.9 Å². The second-order valence-corrected chi connectivity index (χ2v) is 5.77. The number of piperidine rings is 1. The van der Waals surface area contributed by atoms with Gasteiger partial charge < -0.3 is 16.0 Å². The molecule has 1 saturated heterocycles. The maximum Gasteiger partial charge on any atom is 0.416 e. The Labute approximate surface area is 142 Å². The lowest BCUT2D eigenvalue weighted by Crippen LogP contribution is -2.45. The van der Waals surface area contributed by atoms with E-state index in [-0.39, 0.29) is 30.6 Å². The number of nitro groups is 1. The molecule has 138 valence electrons. The fraction of sp³-hybridized carbons (Fsp3) is 0.533. The van der Waals surface area contributed by atoms with Crippen LogP contribution in [0.4, 0.5) is 24.5 Å². The predicted octanol–water partition coefficient (Wildman–Crippen LogP) is 2.28. The van der Waals surface area contributed by atoms with Gasteiger partial charge in [0.05, 0.1) is 10.5 Å². The van der Waals surface area contributed by atoms with Crippen LogP contribution in [-0.2, 0) is 11.0 Å². The molecule has 1 heterocycles. The third-order valence-corrected chi connectivity index (χ3v) is 3.85. The summed E-state index contributed by atoms with van der Waals surface area (Å²) in [5.41, 5.74) is -1.82. The topological polar surface area (TPSA) is 96.3 Å². The molecule has 25 heavy (non-hydrogen) atoms. The van der Waals surface area contributed by atoms with Crippen LogP contribution in [0.3, 0.4) is 0 Å². The van der Waals surface area contributed by atoms with Gasteiger partial charge in [0.1, 0.15) is 5.69 Å². The van der Waals surface area contributed by atoms with Crippen molar-refractivity contribution in [3.63, 3.8) is 0 Å². The molecule has 1 amide bonds. The molecule has 1 atom stereocenters. The normalized spacial score (nSPS) is 17.8. The number of carbonyl (C=O) groups is 1. The van der Waals surface area contributed by atoms with Crippen molar-refractivity contribution in [2.75, 3.05) is 25.0 Å². The van der Waals surface area contributed by atoms with Crippen molar-refractivity contribution in [1.29, 1.82) is 0 Å². The van der Waals surface area contributed by atoms with Crippen molar-refractivity contribution in [2.24, 2.45) is 0 Å². The molecule has 0 saturated carbocycles. The summed E-state index contributed by atoms with van der Waals surface area (Å²) in [6, 6.07) is 2.31.